The fraction of sp³-hybridized carbons (Fsp3) is 0.812. The van der Waals surface area contributed by atoms with Crippen LogP contribution in [0.25, 0.3) is 0 Å². The highest BCUT2D eigenvalue weighted by atomic mass is 16.5. The summed E-state index contributed by atoms with van der Waals surface area (Å²) in [5.74, 6) is 0.214. The third-order valence-corrected chi connectivity index (χ3v) is 3.47. The van der Waals surface area contributed by atoms with Crippen molar-refractivity contribution in [1.82, 2.24) is 0 Å². The lowest BCUT2D eigenvalue weighted by atomic mass is 9.82. The Morgan fingerprint density at radius 3 is 2.56 bits per heavy atom. The van der Waals surface area contributed by atoms with Gasteiger partial charge in [0, 0.05) is 6.61 Å². The maximum Gasteiger partial charge on any atom is 0.187 e. The number of allylic oxidation sites excluding steroid dienone is 1. The van der Waals surface area contributed by atoms with Gasteiger partial charge in [-0.25, -0.2) is 0 Å². The normalized spacial score (nSPS) is 19.7. The van der Waals surface area contributed by atoms with Crippen LogP contribution in [-0.2, 0) is 9.53 Å². The molecule has 1 aliphatic rings. The van der Waals surface area contributed by atoms with E-state index in [1.54, 1.807) is 0 Å². The quantitative estimate of drug-likeness (QED) is 0.746. The summed E-state index contributed by atoms with van der Waals surface area (Å²) in [4.78, 5) is 12.6. The minimum atomic E-state index is -0.298. The van der Waals surface area contributed by atoms with Crippen LogP contribution in [0.15, 0.2) is 11.6 Å². The first-order chi connectivity index (χ1) is 8.46. The number of hydrogen-bond acceptors (Lipinski definition) is 2. The first-order valence-electron chi connectivity index (χ1n) is 7.31. The SMILES string of the molecule is CCOC(C(=O)C1=CCCCCCC1)C(C)(C)C. The molecule has 0 aromatic carbocycles. The number of hydrogen-bond donors (Lipinski definition) is 0. The second-order valence-corrected chi connectivity index (χ2v) is 6.25. The van der Waals surface area contributed by atoms with Gasteiger partial charge in [-0.15, -0.1) is 0 Å². The lowest BCUT2D eigenvalue weighted by Gasteiger charge is -2.30. The smallest absolute Gasteiger partial charge is 0.187 e. The van der Waals surface area contributed by atoms with E-state index in [1.807, 2.05) is 6.92 Å². The molecule has 0 aromatic heterocycles. The average Bonchev–Trinajstić information content (AvgIpc) is 2.23. The molecule has 104 valence electrons. The second kappa shape index (κ2) is 7.08. The standard InChI is InChI=1S/C16H28O2/c1-5-18-15(16(2,3)4)14(17)13-11-9-7-6-8-10-12-13/h11,15H,5-10,12H2,1-4H3. The summed E-state index contributed by atoms with van der Waals surface area (Å²) in [6.07, 6.45) is 8.73. The fourth-order valence-electron chi connectivity index (χ4n) is 2.47. The summed E-state index contributed by atoms with van der Waals surface area (Å²) in [5.41, 5.74) is 0.874. The third-order valence-electron chi connectivity index (χ3n) is 3.47. The van der Waals surface area contributed by atoms with Crippen LogP contribution in [0, 0.1) is 5.41 Å². The zero-order valence-corrected chi connectivity index (χ0v) is 12.4. The highest BCUT2D eigenvalue weighted by Gasteiger charge is 2.33. The molecule has 2 nitrogen and oxygen atoms in total. The number of ketones is 1. The average molecular weight is 252 g/mol. The molecule has 0 aromatic rings. The van der Waals surface area contributed by atoms with Crippen molar-refractivity contribution in [2.75, 3.05) is 6.61 Å². The number of ether oxygens (including phenoxy) is 1. The van der Waals surface area contributed by atoms with Gasteiger partial charge in [0.2, 0.25) is 0 Å². The molecular weight excluding hydrogens is 224 g/mol. The molecule has 0 spiro atoms. The van der Waals surface area contributed by atoms with E-state index in [-0.39, 0.29) is 17.3 Å². The molecule has 0 amide bonds. The van der Waals surface area contributed by atoms with Gasteiger partial charge in [-0.3, -0.25) is 4.79 Å². The van der Waals surface area contributed by atoms with Gasteiger partial charge in [-0.05, 0) is 43.6 Å². The van der Waals surface area contributed by atoms with Gasteiger partial charge < -0.3 is 4.74 Å². The molecule has 0 heterocycles. The van der Waals surface area contributed by atoms with Gasteiger partial charge in [-0.1, -0.05) is 39.7 Å². The maximum atomic E-state index is 12.6. The third kappa shape index (κ3) is 4.56. The van der Waals surface area contributed by atoms with Gasteiger partial charge in [0.25, 0.3) is 0 Å². The minimum Gasteiger partial charge on any atom is -0.370 e. The topological polar surface area (TPSA) is 26.3 Å². The van der Waals surface area contributed by atoms with E-state index < -0.39 is 0 Å². The van der Waals surface area contributed by atoms with Gasteiger partial charge in [0.05, 0.1) is 0 Å². The fourth-order valence-corrected chi connectivity index (χ4v) is 2.47. The number of carbonyl (C=O) groups is 1. The van der Waals surface area contributed by atoms with Crippen LogP contribution in [0.1, 0.15) is 66.2 Å². The number of carbonyl (C=O) groups excluding carboxylic acids is 1. The van der Waals surface area contributed by atoms with Crippen molar-refractivity contribution in [3.8, 4) is 0 Å². The van der Waals surface area contributed by atoms with Crippen molar-refractivity contribution in [3.05, 3.63) is 11.6 Å². The summed E-state index contributed by atoms with van der Waals surface area (Å²) in [7, 11) is 0. The van der Waals surface area contributed by atoms with E-state index in [9.17, 15) is 4.79 Å². The molecule has 0 fully saturated rings. The molecule has 0 N–H and O–H groups in total. The van der Waals surface area contributed by atoms with Crippen molar-refractivity contribution < 1.29 is 9.53 Å². The van der Waals surface area contributed by atoms with Gasteiger partial charge in [-0.2, -0.15) is 0 Å². The molecule has 0 saturated carbocycles. The molecule has 1 rings (SSSR count). The lowest BCUT2D eigenvalue weighted by molar-refractivity contribution is -0.133. The molecule has 1 atom stereocenters. The summed E-state index contributed by atoms with van der Waals surface area (Å²) >= 11 is 0. The molecule has 2 heteroatoms. The van der Waals surface area contributed by atoms with Crippen molar-refractivity contribution >= 4 is 5.78 Å². The summed E-state index contributed by atoms with van der Waals surface area (Å²) in [6.45, 7) is 8.79. The molecule has 0 aliphatic heterocycles. The van der Waals surface area contributed by atoms with Crippen LogP contribution < -0.4 is 0 Å². The zero-order valence-electron chi connectivity index (χ0n) is 12.4. The molecular formula is C16H28O2. The van der Waals surface area contributed by atoms with E-state index in [0.717, 1.165) is 24.8 Å². The zero-order chi connectivity index (χ0) is 13.6. The van der Waals surface area contributed by atoms with Gasteiger partial charge >= 0.3 is 0 Å². The van der Waals surface area contributed by atoms with E-state index in [1.165, 1.54) is 19.3 Å². The minimum absolute atomic E-state index is 0.129. The van der Waals surface area contributed by atoms with Crippen molar-refractivity contribution in [1.29, 1.82) is 0 Å². The largest absolute Gasteiger partial charge is 0.370 e. The van der Waals surface area contributed by atoms with Crippen LogP contribution in [0.4, 0.5) is 0 Å². The van der Waals surface area contributed by atoms with Crippen molar-refractivity contribution in [2.24, 2.45) is 5.41 Å². The predicted molar refractivity (Wildman–Crippen MR) is 75.7 cm³/mol. The highest BCUT2D eigenvalue weighted by molar-refractivity contribution is 5.99. The van der Waals surface area contributed by atoms with Crippen LogP contribution >= 0.6 is 0 Å². The van der Waals surface area contributed by atoms with E-state index in [4.69, 9.17) is 4.74 Å². The highest BCUT2D eigenvalue weighted by Crippen LogP contribution is 2.28. The number of Topliss-reactive ketones (excluding diaryl/α,β-unsaturated/α-hetero) is 1. The monoisotopic (exact) mass is 252 g/mol. The Balaban J connectivity index is 2.80. The Kier molecular flexibility index (Phi) is 6.07. The van der Waals surface area contributed by atoms with Crippen LogP contribution in [0.5, 0.6) is 0 Å². The van der Waals surface area contributed by atoms with Gasteiger partial charge in [0.1, 0.15) is 6.10 Å². The van der Waals surface area contributed by atoms with Crippen LogP contribution in [-0.4, -0.2) is 18.5 Å². The first kappa shape index (κ1) is 15.4. The summed E-state index contributed by atoms with van der Waals surface area (Å²) in [5, 5.41) is 0. The molecule has 1 aliphatic carbocycles. The lowest BCUT2D eigenvalue weighted by Crippen LogP contribution is -2.38. The Morgan fingerprint density at radius 2 is 1.94 bits per heavy atom. The summed E-state index contributed by atoms with van der Waals surface area (Å²) in [6, 6.07) is 0. The molecule has 18 heavy (non-hydrogen) atoms. The van der Waals surface area contributed by atoms with Crippen molar-refractivity contribution in [2.45, 2.75) is 72.3 Å². The van der Waals surface area contributed by atoms with Gasteiger partial charge in [0.15, 0.2) is 5.78 Å². The summed E-state index contributed by atoms with van der Waals surface area (Å²) < 4.78 is 5.70. The van der Waals surface area contributed by atoms with E-state index in [0.29, 0.717) is 6.61 Å². The second-order valence-electron chi connectivity index (χ2n) is 6.25. The molecule has 1 unspecified atom stereocenters. The Morgan fingerprint density at radius 1 is 1.28 bits per heavy atom. The van der Waals surface area contributed by atoms with Crippen molar-refractivity contribution in [3.63, 3.8) is 0 Å². The number of rotatable bonds is 4. The Bertz CT molecular complexity index is 297. The first-order valence-corrected chi connectivity index (χ1v) is 7.31. The van der Waals surface area contributed by atoms with E-state index >= 15 is 0 Å². The van der Waals surface area contributed by atoms with Crippen LogP contribution in [0.2, 0.25) is 0 Å². The Labute approximate surface area is 112 Å². The van der Waals surface area contributed by atoms with E-state index in [2.05, 4.69) is 26.8 Å². The Hall–Kier alpha value is -0.630. The maximum absolute atomic E-state index is 12.6. The van der Waals surface area contributed by atoms with Crippen LogP contribution in [0.3, 0.4) is 0 Å². The molecule has 0 bridgehead atoms. The molecule has 0 radical (unpaired) electrons. The molecule has 0 saturated heterocycles. The predicted octanol–water partition coefficient (Wildman–Crippen LogP) is 4.29.